The molecule has 6 nitrogen and oxygen atoms in total. The largest absolute Gasteiger partial charge is 0.383 e. The summed E-state index contributed by atoms with van der Waals surface area (Å²) in [6.45, 7) is 7.83. The molecule has 3 aromatic rings. The molecule has 0 bridgehead atoms. The number of hydrogen-bond acceptors (Lipinski definition) is 5. The lowest BCUT2D eigenvalue weighted by molar-refractivity contribution is -0.120. The van der Waals surface area contributed by atoms with Gasteiger partial charge in [-0.05, 0) is 20.8 Å². The Balaban J connectivity index is 1.58. The zero-order valence-electron chi connectivity index (χ0n) is 16.8. The van der Waals surface area contributed by atoms with Gasteiger partial charge < -0.3 is 10.1 Å². The smallest absolute Gasteiger partial charge is 0.226 e. The SMILES string of the molecule is COCCn1nc(C)c(CNC(=O)Cc2csc(-c3ccc(C)cc3)n2)c1C. The number of methoxy groups -OCH3 is 1. The molecule has 0 unspecified atom stereocenters. The van der Waals surface area contributed by atoms with Crippen LogP contribution in [0.4, 0.5) is 0 Å². The first-order chi connectivity index (χ1) is 13.5. The van der Waals surface area contributed by atoms with Crippen molar-refractivity contribution in [3.05, 3.63) is 57.9 Å². The van der Waals surface area contributed by atoms with E-state index >= 15 is 0 Å². The lowest BCUT2D eigenvalue weighted by Crippen LogP contribution is -2.25. The van der Waals surface area contributed by atoms with Gasteiger partial charge in [-0.2, -0.15) is 5.10 Å². The van der Waals surface area contributed by atoms with Gasteiger partial charge in [-0.3, -0.25) is 9.48 Å². The number of carbonyl (C=O) groups excluding carboxylic acids is 1. The summed E-state index contributed by atoms with van der Waals surface area (Å²) in [6.07, 6.45) is 0.276. The molecular formula is C21H26N4O2S. The second-order valence-corrected chi connectivity index (χ2v) is 7.69. The number of aryl methyl sites for hydroxylation is 2. The summed E-state index contributed by atoms with van der Waals surface area (Å²) >= 11 is 1.56. The molecule has 1 N–H and O–H groups in total. The standard InChI is InChI=1S/C21H26N4O2S/c1-14-5-7-17(8-6-14)21-23-18(13-28-21)11-20(26)22-12-19-15(2)24-25(16(19)3)9-10-27-4/h5-8,13H,9-12H2,1-4H3,(H,22,26). The van der Waals surface area contributed by atoms with E-state index < -0.39 is 0 Å². The number of amides is 1. The number of ether oxygens (including phenoxy) is 1. The molecule has 0 radical (unpaired) electrons. The summed E-state index contributed by atoms with van der Waals surface area (Å²) in [5.74, 6) is -0.0378. The highest BCUT2D eigenvalue weighted by Gasteiger charge is 2.14. The lowest BCUT2D eigenvalue weighted by atomic mass is 10.2. The van der Waals surface area contributed by atoms with Gasteiger partial charge in [-0.1, -0.05) is 29.8 Å². The molecule has 7 heteroatoms. The van der Waals surface area contributed by atoms with Crippen molar-refractivity contribution in [2.75, 3.05) is 13.7 Å². The molecule has 0 aliphatic rings. The summed E-state index contributed by atoms with van der Waals surface area (Å²) in [7, 11) is 1.68. The van der Waals surface area contributed by atoms with Crippen LogP contribution in [0.2, 0.25) is 0 Å². The quantitative estimate of drug-likeness (QED) is 0.631. The fourth-order valence-corrected chi connectivity index (χ4v) is 3.84. The van der Waals surface area contributed by atoms with Crippen molar-refractivity contribution < 1.29 is 9.53 Å². The minimum atomic E-state index is -0.0378. The van der Waals surface area contributed by atoms with Crippen LogP contribution in [0.5, 0.6) is 0 Å². The van der Waals surface area contributed by atoms with Gasteiger partial charge in [0.2, 0.25) is 5.91 Å². The topological polar surface area (TPSA) is 69.0 Å². The summed E-state index contributed by atoms with van der Waals surface area (Å²) in [5.41, 5.74) is 6.15. The highest BCUT2D eigenvalue weighted by Crippen LogP contribution is 2.24. The van der Waals surface area contributed by atoms with E-state index in [4.69, 9.17) is 4.74 Å². The third-order valence-electron chi connectivity index (χ3n) is 4.69. The number of carbonyl (C=O) groups is 1. The molecule has 148 valence electrons. The molecule has 1 amide bonds. The Labute approximate surface area is 169 Å². The number of nitrogens with zero attached hydrogens (tertiary/aromatic N) is 3. The molecule has 0 saturated heterocycles. The molecule has 0 aliphatic heterocycles. The number of aromatic nitrogens is 3. The molecule has 0 fully saturated rings. The molecule has 0 aliphatic carbocycles. The summed E-state index contributed by atoms with van der Waals surface area (Å²) in [5, 5.41) is 10.4. The minimum absolute atomic E-state index is 0.0378. The fraction of sp³-hybridized carbons (Fsp3) is 0.381. The van der Waals surface area contributed by atoms with Crippen LogP contribution in [0.25, 0.3) is 10.6 Å². The fourth-order valence-electron chi connectivity index (χ4n) is 3.02. The third-order valence-corrected chi connectivity index (χ3v) is 5.63. The maximum absolute atomic E-state index is 12.4. The first kappa shape index (κ1) is 20.2. The van der Waals surface area contributed by atoms with Crippen molar-refractivity contribution in [2.45, 2.75) is 40.3 Å². The molecule has 3 rings (SSSR count). The average molecular weight is 399 g/mol. The van der Waals surface area contributed by atoms with Crippen LogP contribution >= 0.6 is 11.3 Å². The van der Waals surface area contributed by atoms with E-state index in [-0.39, 0.29) is 12.3 Å². The Bertz CT molecular complexity index is 944. The molecule has 2 aromatic heterocycles. The van der Waals surface area contributed by atoms with E-state index in [2.05, 4.69) is 46.6 Å². The van der Waals surface area contributed by atoms with E-state index in [1.165, 1.54) is 5.56 Å². The summed E-state index contributed by atoms with van der Waals surface area (Å²) in [6, 6.07) is 8.26. The number of benzene rings is 1. The Morgan fingerprint density at radius 1 is 1.21 bits per heavy atom. The van der Waals surface area contributed by atoms with Gasteiger partial charge >= 0.3 is 0 Å². The zero-order valence-corrected chi connectivity index (χ0v) is 17.6. The van der Waals surface area contributed by atoms with Crippen molar-refractivity contribution in [1.82, 2.24) is 20.1 Å². The van der Waals surface area contributed by atoms with Gasteiger partial charge in [0.05, 0.1) is 31.0 Å². The molecule has 0 saturated carbocycles. The van der Waals surface area contributed by atoms with Gasteiger partial charge in [0.15, 0.2) is 0 Å². The van der Waals surface area contributed by atoms with Crippen molar-refractivity contribution in [2.24, 2.45) is 0 Å². The molecule has 0 atom stereocenters. The number of hydrogen-bond donors (Lipinski definition) is 1. The highest BCUT2D eigenvalue weighted by atomic mass is 32.1. The first-order valence-electron chi connectivity index (χ1n) is 9.28. The number of nitrogens with one attached hydrogen (secondary N) is 1. The number of rotatable bonds is 8. The second kappa shape index (κ2) is 9.12. The summed E-state index contributed by atoms with van der Waals surface area (Å²) in [4.78, 5) is 17.0. The van der Waals surface area contributed by atoms with E-state index in [9.17, 15) is 4.79 Å². The van der Waals surface area contributed by atoms with E-state index in [0.29, 0.717) is 19.7 Å². The Morgan fingerprint density at radius 3 is 2.68 bits per heavy atom. The van der Waals surface area contributed by atoms with Crippen molar-refractivity contribution in [3.63, 3.8) is 0 Å². The minimum Gasteiger partial charge on any atom is -0.383 e. The maximum Gasteiger partial charge on any atom is 0.226 e. The maximum atomic E-state index is 12.4. The van der Waals surface area contributed by atoms with Gasteiger partial charge in [0.25, 0.3) is 0 Å². The van der Waals surface area contributed by atoms with Crippen LogP contribution in [0.15, 0.2) is 29.6 Å². The predicted octanol–water partition coefficient (Wildman–Crippen LogP) is 3.44. The zero-order chi connectivity index (χ0) is 20.1. The van der Waals surface area contributed by atoms with Crippen LogP contribution in [0.3, 0.4) is 0 Å². The van der Waals surface area contributed by atoms with E-state index in [0.717, 1.165) is 33.2 Å². The van der Waals surface area contributed by atoms with Gasteiger partial charge in [0, 0.05) is 35.9 Å². The van der Waals surface area contributed by atoms with Crippen molar-refractivity contribution >= 4 is 17.2 Å². The average Bonchev–Trinajstić information content (AvgIpc) is 3.23. The van der Waals surface area contributed by atoms with E-state index in [1.54, 1.807) is 18.4 Å². The van der Waals surface area contributed by atoms with Gasteiger partial charge in [-0.25, -0.2) is 4.98 Å². The first-order valence-corrected chi connectivity index (χ1v) is 10.2. The van der Waals surface area contributed by atoms with Crippen molar-refractivity contribution in [1.29, 1.82) is 0 Å². The van der Waals surface area contributed by atoms with Crippen LogP contribution in [0.1, 0.15) is 28.2 Å². The number of thiazole rings is 1. The molecular weight excluding hydrogens is 372 g/mol. The highest BCUT2D eigenvalue weighted by molar-refractivity contribution is 7.13. The van der Waals surface area contributed by atoms with Crippen LogP contribution in [0, 0.1) is 20.8 Å². The Kier molecular flexibility index (Phi) is 6.59. The normalized spacial score (nSPS) is 11.0. The molecule has 1 aromatic carbocycles. The molecule has 0 spiro atoms. The lowest BCUT2D eigenvalue weighted by Gasteiger charge is -2.06. The predicted molar refractivity (Wildman–Crippen MR) is 111 cm³/mol. The molecule has 2 heterocycles. The monoisotopic (exact) mass is 398 g/mol. The second-order valence-electron chi connectivity index (χ2n) is 6.83. The molecule has 28 heavy (non-hydrogen) atoms. The van der Waals surface area contributed by atoms with Gasteiger partial charge in [0.1, 0.15) is 5.01 Å². The summed E-state index contributed by atoms with van der Waals surface area (Å²) < 4.78 is 7.04. The Morgan fingerprint density at radius 2 is 1.96 bits per heavy atom. The van der Waals surface area contributed by atoms with Gasteiger partial charge in [-0.15, -0.1) is 11.3 Å². The van der Waals surface area contributed by atoms with Crippen molar-refractivity contribution in [3.8, 4) is 10.6 Å². The van der Waals surface area contributed by atoms with Crippen LogP contribution < -0.4 is 5.32 Å². The van der Waals surface area contributed by atoms with Crippen LogP contribution in [-0.2, 0) is 29.0 Å². The van der Waals surface area contributed by atoms with E-state index in [1.807, 2.05) is 23.9 Å². The van der Waals surface area contributed by atoms with Crippen LogP contribution in [-0.4, -0.2) is 34.4 Å². The third kappa shape index (κ3) is 4.85. The Hall–Kier alpha value is -2.51.